The number of nitrogens with zero attached hydrogens (tertiary/aromatic N) is 6. The van der Waals surface area contributed by atoms with Crippen LogP contribution in [0.25, 0.3) is 50.4 Å². The van der Waals surface area contributed by atoms with E-state index in [0.717, 1.165) is 63.8 Å². The summed E-state index contributed by atoms with van der Waals surface area (Å²) in [6, 6.07) is 9.87. The number of aromatic amines is 2. The molecular weight excluding hydrogens is 466 g/mol. The first-order valence-corrected chi connectivity index (χ1v) is 12.2. The predicted molar refractivity (Wildman–Crippen MR) is 140 cm³/mol. The van der Waals surface area contributed by atoms with Crippen LogP contribution in [0.5, 0.6) is 0 Å². The Labute approximate surface area is 211 Å². The van der Waals surface area contributed by atoms with Crippen LogP contribution < -0.4 is 5.32 Å². The summed E-state index contributed by atoms with van der Waals surface area (Å²) in [6.45, 7) is 1.96. The first-order valence-electron chi connectivity index (χ1n) is 12.2. The number of H-pyrrole nitrogens is 2. The number of amides is 1. The highest BCUT2D eigenvalue weighted by atomic mass is 16.1. The Morgan fingerprint density at radius 3 is 2.84 bits per heavy atom. The molecule has 0 bridgehead atoms. The normalized spacial score (nSPS) is 13.8. The summed E-state index contributed by atoms with van der Waals surface area (Å²) in [5.74, 6) is 0.817. The SMILES string of the molecule is Cc1cn(-c2cccc3[nH]c(-c4n[nH]c5cnc(-c6cncc(NC(=O)C7CCC7)c6)cc45)nc23)cn1. The summed E-state index contributed by atoms with van der Waals surface area (Å²) in [7, 11) is 0. The number of nitrogens with one attached hydrogen (secondary N) is 3. The molecule has 5 heterocycles. The predicted octanol–water partition coefficient (Wildman–Crippen LogP) is 4.80. The van der Waals surface area contributed by atoms with Crippen LogP contribution in [0, 0.1) is 12.8 Å². The third kappa shape index (κ3) is 3.74. The summed E-state index contributed by atoms with van der Waals surface area (Å²) in [5, 5.41) is 11.5. The number of rotatable bonds is 5. The van der Waals surface area contributed by atoms with Crippen LogP contribution >= 0.6 is 0 Å². The molecule has 1 fully saturated rings. The molecule has 6 aromatic rings. The van der Waals surface area contributed by atoms with Crippen molar-refractivity contribution in [2.24, 2.45) is 5.92 Å². The van der Waals surface area contributed by atoms with E-state index >= 15 is 0 Å². The molecule has 0 spiro atoms. The van der Waals surface area contributed by atoms with Gasteiger partial charge in [-0.2, -0.15) is 5.10 Å². The second-order valence-electron chi connectivity index (χ2n) is 9.45. The Kier molecular flexibility index (Phi) is 4.85. The second kappa shape index (κ2) is 8.37. The number of hydrogen-bond donors (Lipinski definition) is 3. The second-order valence-corrected chi connectivity index (χ2v) is 9.45. The van der Waals surface area contributed by atoms with Gasteiger partial charge in [0, 0.05) is 29.3 Å². The Morgan fingerprint density at radius 2 is 2.03 bits per heavy atom. The largest absolute Gasteiger partial charge is 0.336 e. The van der Waals surface area contributed by atoms with Gasteiger partial charge in [-0.05, 0) is 44.0 Å². The van der Waals surface area contributed by atoms with Gasteiger partial charge in [0.2, 0.25) is 5.91 Å². The monoisotopic (exact) mass is 489 g/mol. The molecule has 0 atom stereocenters. The highest BCUT2D eigenvalue weighted by molar-refractivity contribution is 5.96. The number of imidazole rings is 2. The first-order chi connectivity index (χ1) is 18.1. The van der Waals surface area contributed by atoms with Crippen molar-refractivity contribution in [1.29, 1.82) is 0 Å². The summed E-state index contributed by atoms with van der Waals surface area (Å²) in [5.41, 5.74) is 7.32. The molecule has 1 aliphatic carbocycles. The molecule has 0 aliphatic heterocycles. The Bertz CT molecular complexity index is 1790. The number of benzene rings is 1. The van der Waals surface area contributed by atoms with E-state index in [0.29, 0.717) is 17.2 Å². The minimum atomic E-state index is 0.0563. The zero-order valence-electron chi connectivity index (χ0n) is 20.1. The van der Waals surface area contributed by atoms with Gasteiger partial charge in [-0.25, -0.2) is 9.97 Å². The van der Waals surface area contributed by atoms with E-state index in [1.807, 2.05) is 48.0 Å². The van der Waals surface area contributed by atoms with Crippen molar-refractivity contribution in [3.63, 3.8) is 0 Å². The standard InChI is InChI=1S/C27H23N9O/c1-15-13-36(14-30-15)23-7-3-6-20-25(23)33-26(32-20)24-19-9-21(29-12-22(19)34-35-24)17-8-18(11-28-10-17)31-27(37)16-4-2-5-16/h3,6-14,16H,2,4-5H2,1H3,(H,31,37)(H,32,33)(H,34,35). The van der Waals surface area contributed by atoms with Crippen LogP contribution in [-0.4, -0.2) is 45.6 Å². The van der Waals surface area contributed by atoms with Gasteiger partial charge in [0.15, 0.2) is 5.82 Å². The molecule has 0 saturated heterocycles. The van der Waals surface area contributed by atoms with E-state index in [-0.39, 0.29) is 11.8 Å². The number of aromatic nitrogens is 8. The maximum absolute atomic E-state index is 12.4. The third-order valence-corrected chi connectivity index (χ3v) is 6.93. The van der Waals surface area contributed by atoms with Crippen LogP contribution in [0.1, 0.15) is 25.0 Å². The number of anilines is 1. The number of carbonyl (C=O) groups excluding carboxylic acids is 1. The molecule has 7 rings (SSSR count). The fraction of sp³-hybridized carbons (Fsp3) is 0.185. The maximum Gasteiger partial charge on any atom is 0.227 e. The van der Waals surface area contributed by atoms with Crippen LogP contribution in [0.3, 0.4) is 0 Å². The number of pyridine rings is 2. The number of carbonyl (C=O) groups is 1. The van der Waals surface area contributed by atoms with Gasteiger partial charge in [-0.1, -0.05) is 12.5 Å². The number of para-hydroxylation sites is 1. The molecule has 1 amide bonds. The average Bonchev–Trinajstić information content (AvgIpc) is 3.60. The van der Waals surface area contributed by atoms with Gasteiger partial charge in [0.25, 0.3) is 0 Å². The quantitative estimate of drug-likeness (QED) is 0.319. The lowest BCUT2D eigenvalue weighted by Crippen LogP contribution is -2.28. The fourth-order valence-corrected chi connectivity index (χ4v) is 4.71. The zero-order chi connectivity index (χ0) is 24.9. The van der Waals surface area contributed by atoms with E-state index in [4.69, 9.17) is 4.98 Å². The van der Waals surface area contributed by atoms with Crippen LogP contribution in [0.2, 0.25) is 0 Å². The van der Waals surface area contributed by atoms with Gasteiger partial charge < -0.3 is 14.9 Å². The van der Waals surface area contributed by atoms with E-state index in [2.05, 4.69) is 35.5 Å². The smallest absolute Gasteiger partial charge is 0.227 e. The first kappa shape index (κ1) is 21.4. The molecule has 37 heavy (non-hydrogen) atoms. The van der Waals surface area contributed by atoms with Gasteiger partial charge in [0.1, 0.15) is 11.2 Å². The third-order valence-electron chi connectivity index (χ3n) is 6.93. The van der Waals surface area contributed by atoms with Gasteiger partial charge in [0.05, 0.1) is 52.5 Å². The van der Waals surface area contributed by atoms with Crippen molar-refractivity contribution in [1.82, 2.24) is 39.7 Å². The van der Waals surface area contributed by atoms with Gasteiger partial charge in [-0.15, -0.1) is 0 Å². The van der Waals surface area contributed by atoms with Crippen molar-refractivity contribution in [3.05, 3.63) is 67.1 Å². The van der Waals surface area contributed by atoms with Crippen molar-refractivity contribution in [3.8, 4) is 28.5 Å². The van der Waals surface area contributed by atoms with E-state index in [9.17, 15) is 4.79 Å². The van der Waals surface area contributed by atoms with Gasteiger partial charge >= 0.3 is 0 Å². The average molecular weight is 490 g/mol. The highest BCUT2D eigenvalue weighted by Gasteiger charge is 2.25. The van der Waals surface area contributed by atoms with E-state index in [1.54, 1.807) is 24.9 Å². The number of hydrogen-bond acceptors (Lipinski definition) is 6. The maximum atomic E-state index is 12.4. The Hall–Kier alpha value is -4.86. The van der Waals surface area contributed by atoms with Crippen LogP contribution in [0.4, 0.5) is 5.69 Å². The molecule has 0 radical (unpaired) electrons. The summed E-state index contributed by atoms with van der Waals surface area (Å²) in [4.78, 5) is 34.0. The van der Waals surface area contributed by atoms with E-state index in [1.165, 1.54) is 0 Å². The molecule has 10 nitrogen and oxygen atoms in total. The lowest BCUT2D eigenvalue weighted by Gasteiger charge is -2.24. The summed E-state index contributed by atoms with van der Waals surface area (Å²) >= 11 is 0. The molecular formula is C27H23N9O. The Balaban J connectivity index is 1.26. The molecule has 5 aromatic heterocycles. The number of aryl methyl sites for hydroxylation is 1. The molecule has 1 aliphatic rings. The minimum absolute atomic E-state index is 0.0563. The molecule has 1 aromatic carbocycles. The number of fused-ring (bicyclic) bond motifs is 2. The lowest BCUT2D eigenvalue weighted by atomic mass is 9.85. The molecule has 182 valence electrons. The van der Waals surface area contributed by atoms with Crippen molar-refractivity contribution in [2.75, 3.05) is 5.32 Å². The van der Waals surface area contributed by atoms with Crippen LogP contribution in [-0.2, 0) is 4.79 Å². The van der Waals surface area contributed by atoms with Gasteiger partial charge in [-0.3, -0.25) is 19.9 Å². The van der Waals surface area contributed by atoms with Crippen LogP contribution in [0.15, 0.2) is 61.4 Å². The van der Waals surface area contributed by atoms with Crippen molar-refractivity contribution < 1.29 is 4.79 Å². The zero-order valence-corrected chi connectivity index (χ0v) is 20.1. The van der Waals surface area contributed by atoms with Crippen molar-refractivity contribution in [2.45, 2.75) is 26.2 Å². The molecule has 10 heteroatoms. The lowest BCUT2D eigenvalue weighted by molar-refractivity contribution is -0.122. The highest BCUT2D eigenvalue weighted by Crippen LogP contribution is 2.31. The van der Waals surface area contributed by atoms with E-state index < -0.39 is 0 Å². The Morgan fingerprint density at radius 1 is 1.11 bits per heavy atom. The molecule has 1 saturated carbocycles. The molecule has 0 unspecified atom stereocenters. The van der Waals surface area contributed by atoms with Crippen molar-refractivity contribution >= 4 is 33.5 Å². The summed E-state index contributed by atoms with van der Waals surface area (Å²) < 4.78 is 1.97. The summed E-state index contributed by atoms with van der Waals surface area (Å²) in [6.07, 6.45) is 11.9. The topological polar surface area (TPSA) is 130 Å². The fourth-order valence-electron chi connectivity index (χ4n) is 4.71. The molecule has 3 N–H and O–H groups in total. The minimum Gasteiger partial charge on any atom is -0.336 e.